The van der Waals surface area contributed by atoms with Crippen LogP contribution in [0.2, 0.25) is 5.02 Å². The summed E-state index contributed by atoms with van der Waals surface area (Å²) in [6.07, 6.45) is 6.39. The Bertz CT molecular complexity index is 679. The molecule has 1 aromatic carbocycles. The van der Waals surface area contributed by atoms with E-state index in [0.717, 1.165) is 61.9 Å². The largest absolute Gasteiger partial charge is 0.469 e. The number of nitrogens with zero attached hydrogens (tertiary/aromatic N) is 1. The van der Waals surface area contributed by atoms with Crippen molar-refractivity contribution in [2.24, 2.45) is 0 Å². The lowest BCUT2D eigenvalue weighted by molar-refractivity contribution is -0.140. The molecular weight excluding hydrogens is 338 g/mol. The van der Waals surface area contributed by atoms with Gasteiger partial charge in [-0.3, -0.25) is 9.78 Å². The van der Waals surface area contributed by atoms with E-state index in [4.69, 9.17) is 11.6 Å². The van der Waals surface area contributed by atoms with E-state index < -0.39 is 0 Å². The Morgan fingerprint density at radius 3 is 2.80 bits per heavy atom. The Hall–Kier alpha value is -1.85. The van der Waals surface area contributed by atoms with E-state index >= 15 is 0 Å². The number of aromatic nitrogens is 1. The van der Waals surface area contributed by atoms with Crippen molar-refractivity contribution >= 4 is 34.2 Å². The Morgan fingerprint density at radius 2 is 1.96 bits per heavy atom. The van der Waals surface area contributed by atoms with E-state index in [1.165, 1.54) is 7.11 Å². The minimum Gasteiger partial charge on any atom is -0.469 e. The maximum absolute atomic E-state index is 11.0. The Balaban J connectivity index is 1.57. The maximum atomic E-state index is 11.0. The zero-order valence-electron chi connectivity index (χ0n) is 14.7. The van der Waals surface area contributed by atoms with E-state index in [2.05, 4.69) is 20.4 Å². The molecule has 0 saturated carbocycles. The van der Waals surface area contributed by atoms with Gasteiger partial charge in [0.05, 0.1) is 12.6 Å². The summed E-state index contributed by atoms with van der Waals surface area (Å²) in [5.41, 5.74) is 1.99. The molecule has 1 heterocycles. The van der Waals surface area contributed by atoms with Gasteiger partial charge >= 0.3 is 5.97 Å². The quantitative estimate of drug-likeness (QED) is 0.466. The first-order valence-corrected chi connectivity index (χ1v) is 9.14. The average molecular weight is 364 g/mol. The molecular formula is C19H26ClN3O2. The van der Waals surface area contributed by atoms with Gasteiger partial charge in [-0.05, 0) is 56.6 Å². The summed E-state index contributed by atoms with van der Waals surface area (Å²) in [7, 11) is 1.43. The molecule has 0 radical (unpaired) electrons. The first kappa shape index (κ1) is 19.5. The Kier molecular flexibility index (Phi) is 8.49. The van der Waals surface area contributed by atoms with E-state index in [9.17, 15) is 4.79 Å². The number of halogens is 1. The minimum atomic E-state index is -0.120. The molecule has 0 aliphatic carbocycles. The summed E-state index contributed by atoms with van der Waals surface area (Å²) in [5, 5.41) is 8.69. The van der Waals surface area contributed by atoms with Gasteiger partial charge < -0.3 is 15.4 Å². The number of ether oxygens (including phenoxy) is 1. The summed E-state index contributed by atoms with van der Waals surface area (Å²) in [4.78, 5) is 15.3. The number of methoxy groups -OCH3 is 1. The van der Waals surface area contributed by atoms with E-state index in [1.807, 2.05) is 24.3 Å². The number of unbranched alkanes of at least 4 members (excludes halogenated alkanes) is 2. The zero-order valence-corrected chi connectivity index (χ0v) is 15.4. The number of anilines is 1. The average Bonchev–Trinajstić information content (AvgIpc) is 2.62. The fraction of sp³-hybridized carbons (Fsp3) is 0.474. The van der Waals surface area contributed by atoms with Crippen LogP contribution in [-0.2, 0) is 9.53 Å². The van der Waals surface area contributed by atoms with Gasteiger partial charge in [-0.25, -0.2) is 0 Å². The topological polar surface area (TPSA) is 63.2 Å². The molecule has 0 unspecified atom stereocenters. The van der Waals surface area contributed by atoms with E-state index in [1.54, 1.807) is 6.20 Å². The molecule has 1 aromatic heterocycles. The second-order valence-electron chi connectivity index (χ2n) is 5.94. The number of carbonyl (C=O) groups is 1. The van der Waals surface area contributed by atoms with E-state index in [-0.39, 0.29) is 5.97 Å². The Labute approximate surface area is 154 Å². The lowest BCUT2D eigenvalue weighted by atomic mass is 10.2. The molecule has 25 heavy (non-hydrogen) atoms. The van der Waals surface area contributed by atoms with Crippen molar-refractivity contribution in [2.45, 2.75) is 32.1 Å². The zero-order chi connectivity index (χ0) is 17.9. The number of nitrogens with one attached hydrogen (secondary N) is 2. The van der Waals surface area contributed by atoms with Gasteiger partial charge in [0, 0.05) is 35.3 Å². The highest BCUT2D eigenvalue weighted by molar-refractivity contribution is 6.31. The van der Waals surface area contributed by atoms with Gasteiger partial charge in [0.15, 0.2) is 0 Å². The van der Waals surface area contributed by atoms with Crippen LogP contribution in [0.1, 0.15) is 32.1 Å². The Morgan fingerprint density at radius 1 is 1.12 bits per heavy atom. The SMILES string of the molecule is COC(=O)CCCCCNCCCNc1ccnc2cc(Cl)ccc12. The normalized spacial score (nSPS) is 10.8. The molecule has 0 spiro atoms. The number of carbonyl (C=O) groups excluding carboxylic acids is 1. The number of rotatable bonds is 11. The summed E-state index contributed by atoms with van der Waals surface area (Å²) in [6.45, 7) is 2.85. The van der Waals surface area contributed by atoms with Crippen LogP contribution in [0.15, 0.2) is 30.5 Å². The van der Waals surface area contributed by atoms with Crippen LogP contribution in [0.25, 0.3) is 10.9 Å². The smallest absolute Gasteiger partial charge is 0.305 e. The lowest BCUT2D eigenvalue weighted by Crippen LogP contribution is -2.19. The van der Waals surface area contributed by atoms with Crippen LogP contribution in [0.4, 0.5) is 5.69 Å². The monoisotopic (exact) mass is 363 g/mol. The van der Waals surface area contributed by atoms with Crippen LogP contribution in [0, 0.1) is 0 Å². The van der Waals surface area contributed by atoms with Crippen molar-refractivity contribution in [3.05, 3.63) is 35.5 Å². The standard InChI is InChI=1S/C19H26ClN3O2/c1-25-19(24)6-3-2-4-10-21-11-5-12-22-17-9-13-23-18-14-15(20)7-8-16(17)18/h7-9,13-14,21H,2-6,10-12H2,1H3,(H,22,23). The molecule has 0 aliphatic rings. The fourth-order valence-electron chi connectivity index (χ4n) is 2.64. The third-order valence-electron chi connectivity index (χ3n) is 4.01. The molecule has 0 fully saturated rings. The number of esters is 1. The van der Waals surface area contributed by atoms with Crippen molar-refractivity contribution in [2.75, 3.05) is 32.1 Å². The van der Waals surface area contributed by atoms with Gasteiger partial charge in [-0.1, -0.05) is 18.0 Å². The number of pyridine rings is 1. The number of hydrogen-bond acceptors (Lipinski definition) is 5. The van der Waals surface area contributed by atoms with Crippen LogP contribution in [0.3, 0.4) is 0 Å². The van der Waals surface area contributed by atoms with Crippen molar-refractivity contribution in [3.8, 4) is 0 Å². The summed E-state index contributed by atoms with van der Waals surface area (Å²) in [6, 6.07) is 7.76. The molecule has 0 atom stereocenters. The highest BCUT2D eigenvalue weighted by atomic mass is 35.5. The molecule has 2 N–H and O–H groups in total. The summed E-state index contributed by atoms with van der Waals surface area (Å²) < 4.78 is 4.62. The second kappa shape index (κ2) is 10.9. The fourth-order valence-corrected chi connectivity index (χ4v) is 2.80. The maximum Gasteiger partial charge on any atom is 0.305 e. The first-order chi connectivity index (χ1) is 12.2. The predicted octanol–water partition coefficient (Wildman–Crippen LogP) is 4.01. The third kappa shape index (κ3) is 6.88. The van der Waals surface area contributed by atoms with Crippen molar-refractivity contribution < 1.29 is 9.53 Å². The molecule has 2 rings (SSSR count). The minimum absolute atomic E-state index is 0.120. The highest BCUT2D eigenvalue weighted by Crippen LogP contribution is 2.24. The number of benzene rings is 1. The van der Waals surface area contributed by atoms with Crippen LogP contribution in [0.5, 0.6) is 0 Å². The molecule has 136 valence electrons. The molecule has 0 saturated heterocycles. The van der Waals surface area contributed by atoms with Gasteiger partial charge in [0.1, 0.15) is 0 Å². The molecule has 2 aromatic rings. The molecule has 0 amide bonds. The molecule has 6 heteroatoms. The van der Waals surface area contributed by atoms with Gasteiger partial charge in [-0.15, -0.1) is 0 Å². The number of hydrogen-bond donors (Lipinski definition) is 2. The highest BCUT2D eigenvalue weighted by Gasteiger charge is 2.02. The summed E-state index contributed by atoms with van der Waals surface area (Å²) >= 11 is 6.01. The number of fused-ring (bicyclic) bond motifs is 1. The van der Waals surface area contributed by atoms with Crippen molar-refractivity contribution in [1.82, 2.24) is 10.3 Å². The molecule has 5 nitrogen and oxygen atoms in total. The van der Waals surface area contributed by atoms with Crippen LogP contribution in [-0.4, -0.2) is 37.7 Å². The lowest BCUT2D eigenvalue weighted by Gasteiger charge is -2.10. The van der Waals surface area contributed by atoms with Crippen LogP contribution < -0.4 is 10.6 Å². The van der Waals surface area contributed by atoms with Crippen molar-refractivity contribution in [3.63, 3.8) is 0 Å². The van der Waals surface area contributed by atoms with Crippen LogP contribution >= 0.6 is 11.6 Å². The van der Waals surface area contributed by atoms with Gasteiger partial charge in [0.2, 0.25) is 0 Å². The molecule has 0 bridgehead atoms. The molecule has 0 aliphatic heterocycles. The second-order valence-corrected chi connectivity index (χ2v) is 6.37. The predicted molar refractivity (Wildman–Crippen MR) is 103 cm³/mol. The van der Waals surface area contributed by atoms with Crippen molar-refractivity contribution in [1.29, 1.82) is 0 Å². The van der Waals surface area contributed by atoms with Gasteiger partial charge in [-0.2, -0.15) is 0 Å². The first-order valence-electron chi connectivity index (χ1n) is 8.76. The summed E-state index contributed by atoms with van der Waals surface area (Å²) in [5.74, 6) is -0.120. The van der Waals surface area contributed by atoms with Gasteiger partial charge in [0.25, 0.3) is 0 Å². The third-order valence-corrected chi connectivity index (χ3v) is 4.25. The van der Waals surface area contributed by atoms with E-state index in [0.29, 0.717) is 11.4 Å².